The largest absolute Gasteiger partial charge is 0.459 e. The van der Waals surface area contributed by atoms with Crippen molar-refractivity contribution in [1.82, 2.24) is 9.80 Å². The van der Waals surface area contributed by atoms with Crippen molar-refractivity contribution in [3.8, 4) is 0 Å². The first-order chi connectivity index (χ1) is 13.1. The summed E-state index contributed by atoms with van der Waals surface area (Å²) in [6, 6.07) is 4.63. The zero-order valence-corrected chi connectivity index (χ0v) is 16.9. The average Bonchev–Trinajstić information content (AvgIpc) is 2.87. The van der Waals surface area contributed by atoms with Crippen molar-refractivity contribution in [2.75, 3.05) is 14.1 Å². The molecule has 0 radical (unpaired) electrons. The predicted octanol–water partition coefficient (Wildman–Crippen LogP) is 1.66. The smallest absolute Gasteiger partial charge is 0.330 e. The van der Waals surface area contributed by atoms with E-state index in [9.17, 15) is 19.7 Å². The normalized spacial score (nSPS) is 25.4. The SMILES string of the molecule is CN(C)C=N[C@@H]1C(=O)N2C(C(=O)OCc3ccc([N+](=O)[O-])cc3)C(C)(C)S[C@@H]12. The Morgan fingerprint density at radius 2 is 2.04 bits per heavy atom. The van der Waals surface area contributed by atoms with Crippen LogP contribution in [0.5, 0.6) is 0 Å². The Morgan fingerprint density at radius 3 is 2.61 bits per heavy atom. The van der Waals surface area contributed by atoms with Gasteiger partial charge >= 0.3 is 5.97 Å². The number of hydrogen-bond donors (Lipinski definition) is 0. The Morgan fingerprint density at radius 1 is 1.39 bits per heavy atom. The molecule has 0 N–H and O–H groups in total. The van der Waals surface area contributed by atoms with Crippen LogP contribution in [0.25, 0.3) is 0 Å². The van der Waals surface area contributed by atoms with E-state index in [4.69, 9.17) is 4.74 Å². The van der Waals surface area contributed by atoms with Crippen LogP contribution in [0.1, 0.15) is 19.4 Å². The summed E-state index contributed by atoms with van der Waals surface area (Å²) in [4.78, 5) is 43.1. The van der Waals surface area contributed by atoms with Crippen molar-refractivity contribution >= 4 is 35.7 Å². The molecule has 0 saturated carbocycles. The van der Waals surface area contributed by atoms with E-state index in [-0.39, 0.29) is 23.6 Å². The molecule has 3 rings (SSSR count). The molecule has 150 valence electrons. The molecule has 0 bridgehead atoms. The highest BCUT2D eigenvalue weighted by molar-refractivity contribution is 8.01. The van der Waals surface area contributed by atoms with Crippen LogP contribution < -0.4 is 0 Å². The van der Waals surface area contributed by atoms with E-state index in [1.54, 1.807) is 40.0 Å². The summed E-state index contributed by atoms with van der Waals surface area (Å²) < 4.78 is 4.92. The number of nitrogens with zero attached hydrogens (tertiary/aromatic N) is 4. The molecule has 1 amide bonds. The van der Waals surface area contributed by atoms with Crippen LogP contribution in [0.15, 0.2) is 29.3 Å². The van der Waals surface area contributed by atoms with Gasteiger partial charge in [0.25, 0.3) is 11.6 Å². The van der Waals surface area contributed by atoms with Crippen molar-refractivity contribution in [3.63, 3.8) is 0 Å². The lowest BCUT2D eigenvalue weighted by atomic mass is 9.96. The van der Waals surface area contributed by atoms with E-state index < -0.39 is 27.7 Å². The lowest BCUT2D eigenvalue weighted by molar-refractivity contribution is -0.384. The van der Waals surface area contributed by atoms with Gasteiger partial charge in [-0.15, -0.1) is 11.8 Å². The van der Waals surface area contributed by atoms with E-state index in [1.165, 1.54) is 12.1 Å². The lowest BCUT2D eigenvalue weighted by Crippen LogP contribution is -2.65. The molecule has 9 nitrogen and oxygen atoms in total. The van der Waals surface area contributed by atoms with Gasteiger partial charge in [-0.2, -0.15) is 0 Å². The van der Waals surface area contributed by atoms with Gasteiger partial charge in [0, 0.05) is 31.0 Å². The number of β-lactam (4-membered cyclic amide) rings is 1. The molecule has 28 heavy (non-hydrogen) atoms. The molecule has 2 fully saturated rings. The van der Waals surface area contributed by atoms with Gasteiger partial charge < -0.3 is 14.5 Å². The molecule has 3 atom stereocenters. The molecular weight excluding hydrogens is 384 g/mol. The Bertz CT molecular complexity index is 824. The Kier molecular flexibility index (Phi) is 5.33. The number of esters is 1. The maximum Gasteiger partial charge on any atom is 0.330 e. The number of rotatable bonds is 6. The van der Waals surface area contributed by atoms with Crippen molar-refractivity contribution in [3.05, 3.63) is 39.9 Å². The molecule has 10 heteroatoms. The Labute approximate surface area is 166 Å². The highest BCUT2D eigenvalue weighted by Crippen LogP contribution is 2.51. The quantitative estimate of drug-likeness (QED) is 0.177. The fourth-order valence-corrected chi connectivity index (χ4v) is 4.88. The lowest BCUT2D eigenvalue weighted by Gasteiger charge is -2.41. The van der Waals surface area contributed by atoms with Crippen LogP contribution in [0.2, 0.25) is 0 Å². The summed E-state index contributed by atoms with van der Waals surface area (Å²) in [6.45, 7) is 3.81. The van der Waals surface area contributed by atoms with Crippen molar-refractivity contribution in [2.45, 2.75) is 42.7 Å². The molecule has 1 aromatic rings. The predicted molar refractivity (Wildman–Crippen MR) is 105 cm³/mol. The van der Waals surface area contributed by atoms with Crippen LogP contribution in [0.4, 0.5) is 5.69 Å². The first-order valence-corrected chi connectivity index (χ1v) is 9.59. The molecule has 2 saturated heterocycles. The summed E-state index contributed by atoms with van der Waals surface area (Å²) in [6.07, 6.45) is 1.60. The second kappa shape index (κ2) is 7.42. The maximum absolute atomic E-state index is 12.7. The Balaban J connectivity index is 1.66. The van der Waals surface area contributed by atoms with Crippen molar-refractivity contribution in [2.24, 2.45) is 4.99 Å². The fraction of sp³-hybridized carbons (Fsp3) is 0.500. The summed E-state index contributed by atoms with van der Waals surface area (Å²) in [5.74, 6) is -0.666. The number of carbonyl (C=O) groups is 2. The summed E-state index contributed by atoms with van der Waals surface area (Å²) in [5.41, 5.74) is 0.615. The van der Waals surface area contributed by atoms with Gasteiger partial charge in [0.2, 0.25) is 0 Å². The topological polar surface area (TPSA) is 105 Å². The fourth-order valence-electron chi connectivity index (χ4n) is 3.26. The molecule has 1 aromatic carbocycles. The Hall–Kier alpha value is -2.62. The van der Waals surface area contributed by atoms with Crippen LogP contribution in [-0.4, -0.2) is 69.2 Å². The number of fused-ring (bicyclic) bond motifs is 1. The third-order valence-electron chi connectivity index (χ3n) is 4.62. The minimum atomic E-state index is -0.696. The first kappa shape index (κ1) is 20.1. The van der Waals surface area contributed by atoms with E-state index in [0.29, 0.717) is 5.56 Å². The van der Waals surface area contributed by atoms with Crippen LogP contribution >= 0.6 is 11.8 Å². The standard InChI is InChI=1S/C18H22N4O5S/c1-18(2)14(21-15(23)13(16(21)28-18)19-10-20(3)4)17(24)27-9-11-5-7-12(8-6-11)22(25)26/h5-8,10,13-14,16H,9H2,1-4H3/t13-,14?,16+/m1/s1. The number of carbonyl (C=O) groups excluding carboxylic acids is 2. The summed E-state index contributed by atoms with van der Waals surface area (Å²) in [5, 5.41) is 10.5. The number of amides is 1. The third-order valence-corrected chi connectivity index (χ3v) is 6.18. The van der Waals surface area contributed by atoms with E-state index in [0.717, 1.165) is 0 Å². The number of ether oxygens (including phenoxy) is 1. The highest BCUT2D eigenvalue weighted by Gasteiger charge is 2.64. The van der Waals surface area contributed by atoms with Crippen molar-refractivity contribution < 1.29 is 19.2 Å². The maximum atomic E-state index is 12.7. The van der Waals surface area contributed by atoms with E-state index in [1.807, 2.05) is 27.9 Å². The second-order valence-electron chi connectivity index (χ2n) is 7.46. The molecule has 2 aliphatic heterocycles. The van der Waals surface area contributed by atoms with Gasteiger partial charge in [0.1, 0.15) is 18.0 Å². The molecule has 2 heterocycles. The molecule has 2 aliphatic rings. The zero-order valence-electron chi connectivity index (χ0n) is 16.1. The molecular formula is C18H22N4O5S. The van der Waals surface area contributed by atoms with Crippen LogP contribution in [-0.2, 0) is 20.9 Å². The average molecular weight is 406 g/mol. The summed E-state index contributed by atoms with van der Waals surface area (Å²) in [7, 11) is 3.66. The minimum absolute atomic E-state index is 0.0109. The number of hydrogen-bond acceptors (Lipinski definition) is 7. The zero-order chi connectivity index (χ0) is 20.6. The van der Waals surface area contributed by atoms with Gasteiger partial charge in [0.15, 0.2) is 6.04 Å². The molecule has 0 aliphatic carbocycles. The molecule has 1 unspecified atom stereocenters. The van der Waals surface area contributed by atoms with E-state index >= 15 is 0 Å². The van der Waals surface area contributed by atoms with E-state index in [2.05, 4.69) is 4.99 Å². The first-order valence-electron chi connectivity index (χ1n) is 8.71. The van der Waals surface area contributed by atoms with Gasteiger partial charge in [-0.05, 0) is 31.5 Å². The number of nitro benzene ring substituents is 1. The van der Waals surface area contributed by atoms with Gasteiger partial charge in [-0.1, -0.05) is 0 Å². The monoisotopic (exact) mass is 406 g/mol. The van der Waals surface area contributed by atoms with Gasteiger partial charge in [-0.25, -0.2) is 4.79 Å². The molecule has 0 aromatic heterocycles. The highest BCUT2D eigenvalue weighted by atomic mass is 32.2. The second-order valence-corrected chi connectivity index (χ2v) is 9.24. The third kappa shape index (κ3) is 3.68. The number of non-ortho nitro benzene ring substituents is 1. The summed E-state index contributed by atoms with van der Waals surface area (Å²) >= 11 is 1.54. The van der Waals surface area contributed by atoms with Crippen LogP contribution in [0.3, 0.4) is 0 Å². The van der Waals surface area contributed by atoms with Gasteiger partial charge in [-0.3, -0.25) is 19.9 Å². The molecule has 0 spiro atoms. The number of nitro groups is 1. The number of aliphatic imine (C=N–C) groups is 1. The number of thioether (sulfide) groups is 1. The number of benzene rings is 1. The minimum Gasteiger partial charge on any atom is -0.459 e. The van der Waals surface area contributed by atoms with Crippen LogP contribution in [0, 0.1) is 10.1 Å². The van der Waals surface area contributed by atoms with Crippen molar-refractivity contribution in [1.29, 1.82) is 0 Å². The van der Waals surface area contributed by atoms with Gasteiger partial charge in [0.05, 0.1) is 11.3 Å².